The average Bonchev–Trinajstić information content (AvgIpc) is 2.21. The van der Waals surface area contributed by atoms with E-state index in [1.807, 2.05) is 6.08 Å². The lowest BCUT2D eigenvalue weighted by Crippen LogP contribution is -1.97. The number of rotatable bonds is 10. The van der Waals surface area contributed by atoms with Crippen LogP contribution in [-0.2, 0) is 0 Å². The first-order chi connectivity index (χ1) is 6.91. The molecule has 0 saturated heterocycles. The van der Waals surface area contributed by atoms with Crippen molar-refractivity contribution >= 4 is 0 Å². The molecule has 84 valence electrons. The van der Waals surface area contributed by atoms with E-state index in [1.165, 1.54) is 51.4 Å². The molecule has 0 aliphatic rings. The van der Waals surface area contributed by atoms with E-state index >= 15 is 0 Å². The zero-order chi connectivity index (χ0) is 10.5. The van der Waals surface area contributed by atoms with Crippen LogP contribution in [-0.4, -0.2) is 6.54 Å². The smallest absolute Gasteiger partial charge is 0.00773 e. The van der Waals surface area contributed by atoms with Crippen molar-refractivity contribution in [2.75, 3.05) is 6.54 Å². The first-order valence-electron chi connectivity index (χ1n) is 5.98. The van der Waals surface area contributed by atoms with Crippen molar-refractivity contribution in [3.05, 3.63) is 12.3 Å². The van der Waals surface area contributed by atoms with Crippen molar-refractivity contribution in [3.63, 3.8) is 0 Å². The highest BCUT2D eigenvalue weighted by atomic mass is 14.5. The second-order valence-corrected chi connectivity index (χ2v) is 3.83. The molecule has 0 unspecified atom stereocenters. The Labute approximate surface area is 88.7 Å². The molecule has 0 rings (SSSR count). The highest BCUT2D eigenvalue weighted by molar-refractivity contribution is 4.74. The number of allylic oxidation sites excluding steroid dienone is 1. The van der Waals surface area contributed by atoms with Crippen LogP contribution in [0.4, 0.5) is 0 Å². The van der Waals surface area contributed by atoms with Gasteiger partial charge in [0, 0.05) is 0 Å². The van der Waals surface area contributed by atoms with Gasteiger partial charge in [-0.05, 0) is 32.0 Å². The van der Waals surface area contributed by atoms with Crippen LogP contribution in [0.5, 0.6) is 0 Å². The number of hydrogen-bond acceptors (Lipinski definition) is 2. The van der Waals surface area contributed by atoms with E-state index in [2.05, 4.69) is 0 Å². The molecule has 0 aliphatic heterocycles. The number of hydrogen-bond donors (Lipinski definition) is 2. The van der Waals surface area contributed by atoms with Crippen LogP contribution in [0.2, 0.25) is 0 Å². The van der Waals surface area contributed by atoms with Gasteiger partial charge in [0.1, 0.15) is 0 Å². The van der Waals surface area contributed by atoms with E-state index in [9.17, 15) is 0 Å². The fraction of sp³-hybridized carbons (Fsp3) is 0.833. The largest absolute Gasteiger partial charge is 0.405 e. The van der Waals surface area contributed by atoms with Gasteiger partial charge in [-0.15, -0.1) is 0 Å². The normalized spacial score (nSPS) is 11.2. The zero-order valence-electron chi connectivity index (χ0n) is 9.38. The van der Waals surface area contributed by atoms with Gasteiger partial charge in [0.15, 0.2) is 0 Å². The Morgan fingerprint density at radius 1 is 0.714 bits per heavy atom. The molecule has 14 heavy (non-hydrogen) atoms. The van der Waals surface area contributed by atoms with Crippen molar-refractivity contribution < 1.29 is 0 Å². The third-order valence-electron chi connectivity index (χ3n) is 2.46. The van der Waals surface area contributed by atoms with E-state index in [0.29, 0.717) is 0 Å². The average molecular weight is 198 g/mol. The summed E-state index contributed by atoms with van der Waals surface area (Å²) in [5.74, 6) is 0. The third-order valence-corrected chi connectivity index (χ3v) is 2.46. The highest BCUT2D eigenvalue weighted by Crippen LogP contribution is 2.09. The molecule has 2 nitrogen and oxygen atoms in total. The molecular weight excluding hydrogens is 172 g/mol. The maximum atomic E-state index is 5.42. The van der Waals surface area contributed by atoms with Crippen molar-refractivity contribution in [1.29, 1.82) is 0 Å². The molecular formula is C12H26N2. The monoisotopic (exact) mass is 198 g/mol. The van der Waals surface area contributed by atoms with Crippen LogP contribution >= 0.6 is 0 Å². The minimum absolute atomic E-state index is 0.853. The minimum Gasteiger partial charge on any atom is -0.405 e. The molecule has 0 heterocycles. The van der Waals surface area contributed by atoms with Gasteiger partial charge in [-0.25, -0.2) is 0 Å². The van der Waals surface area contributed by atoms with Crippen molar-refractivity contribution in [3.8, 4) is 0 Å². The van der Waals surface area contributed by atoms with E-state index in [-0.39, 0.29) is 0 Å². The first kappa shape index (κ1) is 13.5. The van der Waals surface area contributed by atoms with Crippen LogP contribution < -0.4 is 11.5 Å². The molecule has 0 bridgehead atoms. The fourth-order valence-corrected chi connectivity index (χ4v) is 1.56. The Balaban J connectivity index is 2.85. The number of unbranched alkanes of at least 4 members (excludes halogenated alkanes) is 8. The quantitative estimate of drug-likeness (QED) is 0.530. The molecule has 0 fully saturated rings. The molecule has 0 spiro atoms. The lowest BCUT2D eigenvalue weighted by atomic mass is 10.1. The SMILES string of the molecule is NC=CCCCCCCCCCCN. The van der Waals surface area contributed by atoms with Gasteiger partial charge in [0.2, 0.25) is 0 Å². The summed E-state index contributed by atoms with van der Waals surface area (Å²) >= 11 is 0. The summed E-state index contributed by atoms with van der Waals surface area (Å²) in [7, 11) is 0. The predicted molar refractivity (Wildman–Crippen MR) is 63.9 cm³/mol. The van der Waals surface area contributed by atoms with Gasteiger partial charge >= 0.3 is 0 Å². The van der Waals surface area contributed by atoms with Gasteiger partial charge in [0.05, 0.1) is 0 Å². The van der Waals surface area contributed by atoms with Gasteiger partial charge in [-0.1, -0.05) is 44.6 Å². The summed E-state index contributed by atoms with van der Waals surface area (Å²) in [6, 6.07) is 0. The van der Waals surface area contributed by atoms with Gasteiger partial charge in [-0.3, -0.25) is 0 Å². The Bertz CT molecular complexity index is 121. The Kier molecular flexibility index (Phi) is 12.1. The molecule has 0 aromatic heterocycles. The second kappa shape index (κ2) is 12.5. The van der Waals surface area contributed by atoms with Gasteiger partial charge in [-0.2, -0.15) is 0 Å². The van der Waals surface area contributed by atoms with Gasteiger partial charge in [0.25, 0.3) is 0 Å². The Morgan fingerprint density at radius 2 is 1.21 bits per heavy atom. The van der Waals surface area contributed by atoms with Crippen LogP contribution in [0.25, 0.3) is 0 Å². The molecule has 0 atom stereocenters. The molecule has 0 amide bonds. The van der Waals surface area contributed by atoms with Crippen molar-refractivity contribution in [2.45, 2.75) is 57.8 Å². The first-order valence-corrected chi connectivity index (χ1v) is 5.98. The van der Waals surface area contributed by atoms with Gasteiger partial charge < -0.3 is 11.5 Å². The molecule has 4 N–H and O–H groups in total. The molecule has 0 aromatic carbocycles. The summed E-state index contributed by atoms with van der Waals surface area (Å²) < 4.78 is 0. The standard InChI is InChI=1S/C12H26N2/c13-11-9-7-5-3-1-2-4-6-8-10-12-14/h9,11H,1-8,10,12-14H2. The second-order valence-electron chi connectivity index (χ2n) is 3.83. The Hall–Kier alpha value is -0.500. The van der Waals surface area contributed by atoms with Crippen LogP contribution in [0.1, 0.15) is 57.8 Å². The summed E-state index contributed by atoms with van der Waals surface area (Å²) in [6.07, 6.45) is 15.5. The molecule has 0 saturated carbocycles. The van der Waals surface area contributed by atoms with E-state index in [0.717, 1.165) is 13.0 Å². The predicted octanol–water partition coefficient (Wildman–Crippen LogP) is 2.93. The molecule has 0 aliphatic carbocycles. The summed E-state index contributed by atoms with van der Waals surface area (Å²) in [6.45, 7) is 0.853. The maximum Gasteiger partial charge on any atom is -0.00773 e. The lowest BCUT2D eigenvalue weighted by molar-refractivity contribution is 0.571. The molecule has 0 radical (unpaired) electrons. The van der Waals surface area contributed by atoms with E-state index in [1.54, 1.807) is 6.20 Å². The van der Waals surface area contributed by atoms with E-state index in [4.69, 9.17) is 11.5 Å². The summed E-state index contributed by atoms with van der Waals surface area (Å²) in [5.41, 5.74) is 10.7. The minimum atomic E-state index is 0.853. The van der Waals surface area contributed by atoms with Crippen molar-refractivity contribution in [2.24, 2.45) is 11.5 Å². The van der Waals surface area contributed by atoms with Crippen LogP contribution in [0, 0.1) is 0 Å². The lowest BCUT2D eigenvalue weighted by Gasteiger charge is -2.00. The van der Waals surface area contributed by atoms with Crippen LogP contribution in [0.3, 0.4) is 0 Å². The molecule has 2 heteroatoms. The van der Waals surface area contributed by atoms with E-state index < -0.39 is 0 Å². The zero-order valence-corrected chi connectivity index (χ0v) is 9.38. The van der Waals surface area contributed by atoms with Crippen molar-refractivity contribution in [1.82, 2.24) is 0 Å². The highest BCUT2D eigenvalue weighted by Gasteiger charge is 1.90. The summed E-state index contributed by atoms with van der Waals surface area (Å²) in [5, 5.41) is 0. The topological polar surface area (TPSA) is 52.0 Å². The molecule has 0 aromatic rings. The fourth-order valence-electron chi connectivity index (χ4n) is 1.56. The summed E-state index contributed by atoms with van der Waals surface area (Å²) in [4.78, 5) is 0. The van der Waals surface area contributed by atoms with Crippen LogP contribution in [0.15, 0.2) is 12.3 Å². The maximum absolute atomic E-state index is 5.42. The number of nitrogens with two attached hydrogens (primary N) is 2. The Morgan fingerprint density at radius 3 is 1.71 bits per heavy atom. The third kappa shape index (κ3) is 11.5.